The Morgan fingerprint density at radius 2 is 2.25 bits per heavy atom. The molecule has 16 heavy (non-hydrogen) atoms. The van der Waals surface area contributed by atoms with Crippen molar-refractivity contribution in [3.05, 3.63) is 6.20 Å². The molecule has 2 rings (SSSR count). The van der Waals surface area contributed by atoms with E-state index in [4.69, 9.17) is 0 Å². The number of likely N-dealkylation sites (tertiary alicyclic amines) is 1. The molecule has 0 saturated carbocycles. The average molecular weight is 240 g/mol. The predicted octanol–water partition coefficient (Wildman–Crippen LogP) is 2.07. The number of hydrogen-bond acceptors (Lipinski definition) is 5. The Labute approximate surface area is 101 Å². The van der Waals surface area contributed by atoms with Crippen LogP contribution >= 0.6 is 11.5 Å². The van der Waals surface area contributed by atoms with E-state index in [0.717, 1.165) is 10.9 Å². The molecule has 0 aromatic carbocycles. The lowest BCUT2D eigenvalue weighted by molar-refractivity contribution is 0.198. The number of hydrogen-bond donors (Lipinski definition) is 1. The van der Waals surface area contributed by atoms with Crippen molar-refractivity contribution in [2.24, 2.45) is 5.92 Å². The second-order valence-corrected chi connectivity index (χ2v) is 5.68. The van der Waals surface area contributed by atoms with Gasteiger partial charge in [-0.1, -0.05) is 18.3 Å². The lowest BCUT2D eigenvalue weighted by Crippen LogP contribution is -2.40. The van der Waals surface area contributed by atoms with Gasteiger partial charge in [-0.3, -0.25) is 0 Å². The smallest absolute Gasteiger partial charge is 0.130 e. The van der Waals surface area contributed by atoms with E-state index in [9.17, 15) is 0 Å². The zero-order chi connectivity index (χ0) is 11.4. The Morgan fingerprint density at radius 3 is 2.81 bits per heavy atom. The van der Waals surface area contributed by atoms with Crippen LogP contribution in [0.3, 0.4) is 0 Å². The van der Waals surface area contributed by atoms with Gasteiger partial charge >= 0.3 is 0 Å². The summed E-state index contributed by atoms with van der Waals surface area (Å²) in [4.78, 5) is 2.56. The highest BCUT2D eigenvalue weighted by Gasteiger charge is 2.19. The van der Waals surface area contributed by atoms with E-state index < -0.39 is 0 Å². The molecule has 5 heteroatoms. The Bertz CT molecular complexity index is 291. The molecular weight excluding hydrogens is 220 g/mol. The third-order valence-electron chi connectivity index (χ3n) is 2.92. The average Bonchev–Trinajstić information content (AvgIpc) is 2.73. The summed E-state index contributed by atoms with van der Waals surface area (Å²) in [5, 5.41) is 8.44. The van der Waals surface area contributed by atoms with Crippen molar-refractivity contribution in [2.45, 2.75) is 32.7 Å². The molecule has 1 fully saturated rings. The van der Waals surface area contributed by atoms with Crippen LogP contribution in [-0.2, 0) is 0 Å². The van der Waals surface area contributed by atoms with Crippen molar-refractivity contribution in [1.29, 1.82) is 0 Å². The maximum absolute atomic E-state index is 3.86. The summed E-state index contributed by atoms with van der Waals surface area (Å²) in [5.74, 6) is 0.773. The summed E-state index contributed by atoms with van der Waals surface area (Å²) in [5.41, 5.74) is 0. The molecule has 0 amide bonds. The molecule has 90 valence electrons. The molecule has 1 aliphatic heterocycles. The van der Waals surface area contributed by atoms with Crippen molar-refractivity contribution in [3.8, 4) is 0 Å². The number of rotatable bonds is 4. The van der Waals surface area contributed by atoms with Crippen molar-refractivity contribution in [3.63, 3.8) is 0 Å². The molecule has 1 saturated heterocycles. The minimum absolute atomic E-state index is 0.602. The molecule has 1 aromatic heterocycles. The maximum Gasteiger partial charge on any atom is 0.130 e. The van der Waals surface area contributed by atoms with Crippen LogP contribution in [0.2, 0.25) is 0 Å². The van der Waals surface area contributed by atoms with Crippen LogP contribution in [0.25, 0.3) is 0 Å². The maximum atomic E-state index is 3.86. The highest BCUT2D eigenvalue weighted by molar-refractivity contribution is 7.09. The van der Waals surface area contributed by atoms with Gasteiger partial charge in [-0.2, -0.15) is 0 Å². The lowest BCUT2D eigenvalue weighted by atomic mass is 10.0. The molecule has 0 unspecified atom stereocenters. The quantitative estimate of drug-likeness (QED) is 0.875. The Balaban J connectivity index is 1.73. The molecule has 0 aliphatic carbocycles. The molecular formula is C11H20N4S. The van der Waals surface area contributed by atoms with E-state index in [2.05, 4.69) is 33.7 Å². The van der Waals surface area contributed by atoms with Crippen molar-refractivity contribution >= 4 is 16.5 Å². The molecule has 0 atom stereocenters. The third-order valence-corrected chi connectivity index (χ3v) is 3.51. The van der Waals surface area contributed by atoms with E-state index in [1.54, 1.807) is 0 Å². The first-order valence-electron chi connectivity index (χ1n) is 6.00. The highest BCUT2D eigenvalue weighted by atomic mass is 32.1. The molecule has 1 aliphatic rings. The first kappa shape index (κ1) is 11.8. The summed E-state index contributed by atoms with van der Waals surface area (Å²) >= 11 is 1.44. The molecule has 1 N–H and O–H groups in total. The van der Waals surface area contributed by atoms with Crippen molar-refractivity contribution < 1.29 is 0 Å². The first-order valence-corrected chi connectivity index (χ1v) is 6.77. The summed E-state index contributed by atoms with van der Waals surface area (Å²) < 4.78 is 3.86. The van der Waals surface area contributed by atoms with Crippen molar-refractivity contribution in [2.75, 3.05) is 25.0 Å². The Hall–Kier alpha value is -0.680. The fourth-order valence-corrected chi connectivity index (χ4v) is 2.70. The molecule has 0 radical (unpaired) electrons. The minimum atomic E-state index is 0.602. The van der Waals surface area contributed by atoms with E-state index in [1.165, 1.54) is 44.0 Å². The van der Waals surface area contributed by atoms with Gasteiger partial charge in [-0.05, 0) is 18.8 Å². The van der Waals surface area contributed by atoms with Crippen LogP contribution in [0.5, 0.6) is 0 Å². The fourth-order valence-electron chi connectivity index (χ4n) is 2.21. The molecule has 4 nitrogen and oxygen atoms in total. The van der Waals surface area contributed by atoms with Gasteiger partial charge in [0.25, 0.3) is 0 Å². The number of anilines is 1. The SMILES string of the molecule is CC(C)CN1CCC(Nc2cnns2)CC1. The molecule has 0 bridgehead atoms. The van der Waals surface area contributed by atoms with Gasteiger partial charge < -0.3 is 10.2 Å². The second kappa shape index (κ2) is 5.59. The monoisotopic (exact) mass is 240 g/mol. The number of nitrogens with zero attached hydrogens (tertiary/aromatic N) is 3. The number of piperidine rings is 1. The molecule has 2 heterocycles. The topological polar surface area (TPSA) is 41.0 Å². The highest BCUT2D eigenvalue weighted by Crippen LogP contribution is 2.18. The summed E-state index contributed by atoms with van der Waals surface area (Å²) in [6.07, 6.45) is 4.26. The van der Waals surface area contributed by atoms with E-state index in [1.807, 2.05) is 6.20 Å². The van der Waals surface area contributed by atoms with Crippen molar-refractivity contribution in [1.82, 2.24) is 14.5 Å². The van der Waals surface area contributed by atoms with Gasteiger partial charge in [0, 0.05) is 37.2 Å². The normalized spacial score (nSPS) is 19.2. The largest absolute Gasteiger partial charge is 0.372 e. The van der Waals surface area contributed by atoms with E-state index >= 15 is 0 Å². The number of nitrogens with one attached hydrogen (secondary N) is 1. The molecule has 1 aromatic rings. The zero-order valence-corrected chi connectivity index (χ0v) is 10.8. The third kappa shape index (κ3) is 3.42. The van der Waals surface area contributed by atoms with Crippen LogP contribution in [0.1, 0.15) is 26.7 Å². The predicted molar refractivity (Wildman–Crippen MR) is 67.8 cm³/mol. The van der Waals surface area contributed by atoms with Gasteiger partial charge in [0.2, 0.25) is 0 Å². The Morgan fingerprint density at radius 1 is 1.50 bits per heavy atom. The summed E-state index contributed by atoms with van der Waals surface area (Å²) in [7, 11) is 0. The van der Waals surface area contributed by atoms with Gasteiger partial charge in [-0.25, -0.2) is 0 Å². The van der Waals surface area contributed by atoms with Crippen LogP contribution in [-0.4, -0.2) is 40.2 Å². The summed E-state index contributed by atoms with van der Waals surface area (Å²) in [6, 6.07) is 0.602. The first-order chi connectivity index (χ1) is 7.74. The minimum Gasteiger partial charge on any atom is -0.372 e. The molecule has 0 spiro atoms. The van der Waals surface area contributed by atoms with E-state index in [-0.39, 0.29) is 0 Å². The standard InChI is InChI=1S/C11H20N4S/c1-9(2)8-15-5-3-10(4-6-15)13-11-7-12-14-16-11/h7,9-10,13H,3-6,8H2,1-2H3. The van der Waals surface area contributed by atoms with Crippen LogP contribution in [0.4, 0.5) is 5.00 Å². The van der Waals surface area contributed by atoms with Gasteiger partial charge in [0.15, 0.2) is 0 Å². The second-order valence-electron chi connectivity index (χ2n) is 4.89. The van der Waals surface area contributed by atoms with Gasteiger partial charge in [0.05, 0.1) is 6.20 Å². The zero-order valence-electron chi connectivity index (χ0n) is 10.0. The van der Waals surface area contributed by atoms with Crippen LogP contribution < -0.4 is 5.32 Å². The Kier molecular flexibility index (Phi) is 4.12. The van der Waals surface area contributed by atoms with E-state index in [0.29, 0.717) is 6.04 Å². The number of aromatic nitrogens is 2. The lowest BCUT2D eigenvalue weighted by Gasteiger charge is -2.33. The van der Waals surface area contributed by atoms with Crippen LogP contribution in [0, 0.1) is 5.92 Å². The fraction of sp³-hybridized carbons (Fsp3) is 0.818. The summed E-state index contributed by atoms with van der Waals surface area (Å²) in [6.45, 7) is 8.22. The van der Waals surface area contributed by atoms with Crippen LogP contribution in [0.15, 0.2) is 6.20 Å². The van der Waals surface area contributed by atoms with Gasteiger partial charge in [-0.15, -0.1) is 5.10 Å². The van der Waals surface area contributed by atoms with Gasteiger partial charge in [0.1, 0.15) is 5.00 Å².